The van der Waals surface area contributed by atoms with Crippen molar-refractivity contribution in [3.63, 3.8) is 0 Å². The molecule has 2 nitrogen and oxygen atoms in total. The van der Waals surface area contributed by atoms with Gasteiger partial charge in [-0.15, -0.1) is 0 Å². The van der Waals surface area contributed by atoms with Crippen molar-refractivity contribution in [1.29, 1.82) is 0 Å². The van der Waals surface area contributed by atoms with Crippen LogP contribution in [0.1, 0.15) is 47.7 Å². The van der Waals surface area contributed by atoms with Crippen molar-refractivity contribution in [2.24, 2.45) is 11.7 Å². The van der Waals surface area contributed by atoms with Crippen LogP contribution in [0.5, 0.6) is 0 Å². The van der Waals surface area contributed by atoms with Crippen LogP contribution >= 0.6 is 15.9 Å². The van der Waals surface area contributed by atoms with Crippen molar-refractivity contribution < 1.29 is 4.79 Å². The summed E-state index contributed by atoms with van der Waals surface area (Å²) in [7, 11) is 0. The van der Waals surface area contributed by atoms with Gasteiger partial charge in [0, 0.05) is 10.0 Å². The van der Waals surface area contributed by atoms with Gasteiger partial charge in [-0.05, 0) is 60.4 Å². The van der Waals surface area contributed by atoms with Crippen LogP contribution < -0.4 is 5.73 Å². The quantitative estimate of drug-likeness (QED) is 0.845. The minimum absolute atomic E-state index is 0.313. The average Bonchev–Trinajstić information content (AvgIpc) is 2.67. The maximum Gasteiger partial charge on any atom is 0.249 e. The molecule has 0 bridgehead atoms. The number of hydrogen-bond acceptors (Lipinski definition) is 1. The maximum atomic E-state index is 11.5. The summed E-state index contributed by atoms with van der Waals surface area (Å²) in [5.41, 5.74) is 11.5. The van der Waals surface area contributed by atoms with Crippen LogP contribution in [0.25, 0.3) is 5.57 Å². The molecule has 0 heterocycles. The zero-order valence-electron chi connectivity index (χ0n) is 10.4. The molecule has 94 valence electrons. The number of primary amides is 1. The number of nitrogens with two attached hydrogens (primary N) is 1. The number of fused-ring (bicyclic) bond motifs is 2. The number of allylic oxidation sites excluding steroid dienone is 2. The molecule has 1 aromatic rings. The van der Waals surface area contributed by atoms with Crippen LogP contribution in [0.4, 0.5) is 0 Å². The molecule has 1 amide bonds. The molecule has 1 aromatic carbocycles. The lowest BCUT2D eigenvalue weighted by Gasteiger charge is -2.20. The Kier molecular flexibility index (Phi) is 2.81. The summed E-state index contributed by atoms with van der Waals surface area (Å²) in [6.07, 6.45) is 4.44. The predicted molar refractivity (Wildman–Crippen MR) is 76.3 cm³/mol. The Morgan fingerprint density at radius 3 is 2.94 bits per heavy atom. The van der Waals surface area contributed by atoms with E-state index in [-0.39, 0.29) is 5.91 Å². The molecular formula is C15H16BrNO. The van der Waals surface area contributed by atoms with Crippen LogP contribution in [0, 0.1) is 5.92 Å². The molecule has 0 aliphatic heterocycles. The zero-order valence-corrected chi connectivity index (χ0v) is 12.0. The number of amides is 1. The highest BCUT2D eigenvalue weighted by Gasteiger charge is 2.30. The minimum Gasteiger partial charge on any atom is -0.366 e. The van der Waals surface area contributed by atoms with Crippen molar-refractivity contribution >= 4 is 27.4 Å². The van der Waals surface area contributed by atoms with Crippen LogP contribution in [0.15, 0.2) is 22.2 Å². The van der Waals surface area contributed by atoms with Gasteiger partial charge in [0.15, 0.2) is 0 Å². The van der Waals surface area contributed by atoms with Gasteiger partial charge in [-0.3, -0.25) is 4.79 Å². The van der Waals surface area contributed by atoms with Gasteiger partial charge < -0.3 is 5.73 Å². The van der Waals surface area contributed by atoms with E-state index in [0.717, 1.165) is 35.2 Å². The Morgan fingerprint density at radius 2 is 2.22 bits per heavy atom. The molecular weight excluding hydrogens is 290 g/mol. The molecule has 2 aliphatic carbocycles. The number of rotatable bonds is 1. The highest BCUT2D eigenvalue weighted by Crippen LogP contribution is 2.46. The molecule has 0 spiro atoms. The first-order valence-corrected chi connectivity index (χ1v) is 7.19. The molecule has 1 unspecified atom stereocenters. The SMILES string of the molecule is CC1CCC2=C(Cc3c(C(N)=O)ccc(Br)c32)C1. The van der Waals surface area contributed by atoms with E-state index in [4.69, 9.17) is 5.73 Å². The summed E-state index contributed by atoms with van der Waals surface area (Å²) in [6, 6.07) is 3.79. The molecule has 3 rings (SSSR count). The van der Waals surface area contributed by atoms with Gasteiger partial charge in [-0.1, -0.05) is 28.4 Å². The fraction of sp³-hybridized carbons (Fsp3) is 0.400. The van der Waals surface area contributed by atoms with Crippen molar-refractivity contribution in [2.75, 3.05) is 0 Å². The molecule has 18 heavy (non-hydrogen) atoms. The third kappa shape index (κ3) is 1.72. The van der Waals surface area contributed by atoms with Gasteiger partial charge >= 0.3 is 0 Å². The third-order valence-corrected chi connectivity index (χ3v) is 4.79. The molecule has 0 radical (unpaired) electrons. The van der Waals surface area contributed by atoms with E-state index in [1.165, 1.54) is 23.1 Å². The van der Waals surface area contributed by atoms with Gasteiger partial charge in [0.1, 0.15) is 0 Å². The van der Waals surface area contributed by atoms with Gasteiger partial charge in [0.05, 0.1) is 0 Å². The molecule has 0 fully saturated rings. The first-order chi connectivity index (χ1) is 8.58. The van der Waals surface area contributed by atoms with E-state index in [0.29, 0.717) is 5.56 Å². The van der Waals surface area contributed by atoms with Crippen molar-refractivity contribution in [3.05, 3.63) is 38.9 Å². The number of halogens is 1. The Bertz CT molecular complexity index is 574. The fourth-order valence-electron chi connectivity index (χ4n) is 3.27. The Labute approximate surface area is 115 Å². The summed E-state index contributed by atoms with van der Waals surface area (Å²) in [6.45, 7) is 2.30. The Hall–Kier alpha value is -1.09. The fourth-order valence-corrected chi connectivity index (χ4v) is 3.88. The molecule has 0 saturated heterocycles. The largest absolute Gasteiger partial charge is 0.366 e. The van der Waals surface area contributed by atoms with Crippen molar-refractivity contribution in [2.45, 2.75) is 32.6 Å². The molecule has 0 saturated carbocycles. The Morgan fingerprint density at radius 1 is 1.44 bits per heavy atom. The van der Waals surface area contributed by atoms with Crippen LogP contribution in [0.2, 0.25) is 0 Å². The number of carbonyl (C=O) groups excluding carboxylic acids is 1. The summed E-state index contributed by atoms with van der Waals surface area (Å²) in [5, 5.41) is 0. The smallest absolute Gasteiger partial charge is 0.249 e. The lowest BCUT2D eigenvalue weighted by Crippen LogP contribution is -2.14. The number of carbonyl (C=O) groups is 1. The van der Waals surface area contributed by atoms with Crippen LogP contribution in [-0.2, 0) is 6.42 Å². The molecule has 2 aliphatic rings. The number of hydrogen-bond donors (Lipinski definition) is 1. The lowest BCUT2D eigenvalue weighted by molar-refractivity contribution is 0.0999. The van der Waals surface area contributed by atoms with Crippen molar-refractivity contribution in [1.82, 2.24) is 0 Å². The van der Waals surface area contributed by atoms with Crippen molar-refractivity contribution in [3.8, 4) is 0 Å². The summed E-state index contributed by atoms with van der Waals surface area (Å²) in [4.78, 5) is 11.5. The molecule has 3 heteroatoms. The highest BCUT2D eigenvalue weighted by molar-refractivity contribution is 9.10. The Balaban J connectivity index is 2.15. The molecule has 2 N–H and O–H groups in total. The normalized spacial score (nSPS) is 21.8. The van der Waals surface area contributed by atoms with E-state index in [1.54, 1.807) is 0 Å². The third-order valence-electron chi connectivity index (χ3n) is 4.13. The minimum atomic E-state index is -0.313. The first-order valence-electron chi connectivity index (χ1n) is 6.40. The summed E-state index contributed by atoms with van der Waals surface area (Å²) in [5.74, 6) is 0.445. The second kappa shape index (κ2) is 4.23. The maximum absolute atomic E-state index is 11.5. The van der Waals surface area contributed by atoms with Gasteiger partial charge in [0.25, 0.3) is 0 Å². The molecule has 0 aromatic heterocycles. The van der Waals surface area contributed by atoms with Crippen LogP contribution in [-0.4, -0.2) is 5.91 Å². The van der Waals surface area contributed by atoms with E-state index >= 15 is 0 Å². The average molecular weight is 306 g/mol. The molecule has 1 atom stereocenters. The van der Waals surface area contributed by atoms with E-state index < -0.39 is 0 Å². The van der Waals surface area contributed by atoms with Gasteiger partial charge in [-0.25, -0.2) is 0 Å². The standard InChI is InChI=1S/C15H16BrNO/c1-8-2-3-10-9(6-8)7-12-11(15(17)18)4-5-13(16)14(10)12/h4-5,8H,2-3,6-7H2,1H3,(H2,17,18). The van der Waals surface area contributed by atoms with Crippen LogP contribution in [0.3, 0.4) is 0 Å². The van der Waals surface area contributed by atoms with Gasteiger partial charge in [0.2, 0.25) is 5.91 Å². The van der Waals surface area contributed by atoms with E-state index in [2.05, 4.69) is 22.9 Å². The first kappa shape index (κ1) is 12.0. The van der Waals surface area contributed by atoms with Gasteiger partial charge in [-0.2, -0.15) is 0 Å². The second-order valence-corrected chi connectivity index (χ2v) is 6.27. The topological polar surface area (TPSA) is 43.1 Å². The monoisotopic (exact) mass is 305 g/mol. The second-order valence-electron chi connectivity index (χ2n) is 5.42. The van der Waals surface area contributed by atoms with E-state index in [9.17, 15) is 4.79 Å². The van der Waals surface area contributed by atoms with E-state index in [1.807, 2.05) is 12.1 Å². The summed E-state index contributed by atoms with van der Waals surface area (Å²) < 4.78 is 1.10. The summed E-state index contributed by atoms with van der Waals surface area (Å²) >= 11 is 3.62. The predicted octanol–water partition coefficient (Wildman–Crippen LogP) is 3.68. The number of benzene rings is 1. The lowest BCUT2D eigenvalue weighted by atomic mass is 9.85. The zero-order chi connectivity index (χ0) is 12.9. The highest BCUT2D eigenvalue weighted by atomic mass is 79.9.